The summed E-state index contributed by atoms with van der Waals surface area (Å²) in [5.41, 5.74) is 0.280. The van der Waals surface area contributed by atoms with Crippen molar-refractivity contribution >= 4 is 23.2 Å². The van der Waals surface area contributed by atoms with Crippen LogP contribution in [0.2, 0.25) is 5.02 Å². The number of nitrogens with zero attached hydrogens (tertiary/aromatic N) is 1. The fraction of sp³-hybridized carbons (Fsp3) is 0.0526. The van der Waals surface area contributed by atoms with Crippen LogP contribution in [0.25, 0.3) is 0 Å². The van der Waals surface area contributed by atoms with E-state index in [1.165, 1.54) is 19.4 Å². The summed E-state index contributed by atoms with van der Waals surface area (Å²) in [5, 5.41) is 13.4. The fourth-order valence-corrected chi connectivity index (χ4v) is 2.36. The molecular formula is C19H15ClN2O4. The summed E-state index contributed by atoms with van der Waals surface area (Å²) in [5.74, 6) is 0.247. The molecule has 6 nitrogen and oxygen atoms in total. The molecule has 0 fully saturated rings. The quantitative estimate of drug-likeness (QED) is 0.691. The number of hydrogen-bond acceptors (Lipinski definition) is 5. The van der Waals surface area contributed by atoms with Crippen molar-refractivity contribution < 1.29 is 19.4 Å². The van der Waals surface area contributed by atoms with Crippen molar-refractivity contribution in [2.24, 2.45) is 0 Å². The highest BCUT2D eigenvalue weighted by Crippen LogP contribution is 2.32. The number of carbonyl (C=O) groups excluding carboxylic acids is 1. The van der Waals surface area contributed by atoms with Crippen LogP contribution in [0.4, 0.5) is 5.69 Å². The molecule has 7 heteroatoms. The number of nitrogens with one attached hydrogen (secondary N) is 1. The highest BCUT2D eigenvalue weighted by Gasteiger charge is 2.18. The first-order valence-electron chi connectivity index (χ1n) is 7.64. The second kappa shape index (κ2) is 7.76. The lowest BCUT2D eigenvalue weighted by Crippen LogP contribution is -2.14. The highest BCUT2D eigenvalue weighted by atomic mass is 35.5. The van der Waals surface area contributed by atoms with Crippen molar-refractivity contribution in [2.75, 3.05) is 12.4 Å². The summed E-state index contributed by atoms with van der Waals surface area (Å²) >= 11 is 5.87. The number of anilines is 1. The summed E-state index contributed by atoms with van der Waals surface area (Å²) in [6.07, 6.45) is 1.38. The van der Waals surface area contributed by atoms with Gasteiger partial charge in [-0.05, 0) is 36.4 Å². The summed E-state index contributed by atoms with van der Waals surface area (Å²) in [4.78, 5) is 16.4. The molecule has 132 valence electrons. The van der Waals surface area contributed by atoms with Gasteiger partial charge in [-0.3, -0.25) is 4.79 Å². The molecule has 0 unspecified atom stereocenters. The van der Waals surface area contributed by atoms with Crippen LogP contribution in [0.15, 0.2) is 60.8 Å². The van der Waals surface area contributed by atoms with Crippen LogP contribution in [0.5, 0.6) is 23.0 Å². The predicted octanol–water partition coefficient (Wildman–Crippen LogP) is 4.49. The van der Waals surface area contributed by atoms with Crippen molar-refractivity contribution in [1.82, 2.24) is 4.98 Å². The summed E-state index contributed by atoms with van der Waals surface area (Å²) in [6.45, 7) is 0. The maximum atomic E-state index is 12.5. The SMILES string of the molecule is COc1ccnc(C(=O)Nc2ccccc2Oc2ccc(Cl)cc2)c1O. The Morgan fingerprint density at radius 1 is 1.08 bits per heavy atom. The van der Waals surface area contributed by atoms with Gasteiger partial charge >= 0.3 is 0 Å². The molecule has 26 heavy (non-hydrogen) atoms. The van der Waals surface area contributed by atoms with Gasteiger partial charge in [0.25, 0.3) is 5.91 Å². The minimum absolute atomic E-state index is 0.148. The van der Waals surface area contributed by atoms with Crippen LogP contribution in [0.3, 0.4) is 0 Å². The number of benzene rings is 2. The molecule has 3 rings (SSSR count). The van der Waals surface area contributed by atoms with Gasteiger partial charge in [0.05, 0.1) is 12.8 Å². The molecule has 1 aromatic heterocycles. The number of para-hydroxylation sites is 2. The van der Waals surface area contributed by atoms with Gasteiger partial charge < -0.3 is 19.9 Å². The second-order valence-electron chi connectivity index (χ2n) is 5.22. The van der Waals surface area contributed by atoms with E-state index in [1.807, 2.05) is 0 Å². The van der Waals surface area contributed by atoms with Crippen LogP contribution < -0.4 is 14.8 Å². The lowest BCUT2D eigenvalue weighted by atomic mass is 10.2. The Morgan fingerprint density at radius 2 is 1.81 bits per heavy atom. The topological polar surface area (TPSA) is 80.7 Å². The maximum absolute atomic E-state index is 12.5. The normalized spacial score (nSPS) is 10.2. The van der Waals surface area contributed by atoms with E-state index < -0.39 is 5.91 Å². The number of aromatic nitrogens is 1. The Morgan fingerprint density at radius 3 is 2.54 bits per heavy atom. The Labute approximate surface area is 155 Å². The van der Waals surface area contributed by atoms with Gasteiger partial charge in [0.1, 0.15) is 5.75 Å². The average Bonchev–Trinajstić information content (AvgIpc) is 2.65. The number of hydrogen-bond donors (Lipinski definition) is 2. The Hall–Kier alpha value is -3.25. The van der Waals surface area contributed by atoms with Crippen LogP contribution in [0.1, 0.15) is 10.5 Å². The summed E-state index contributed by atoms with van der Waals surface area (Å²) < 4.78 is 10.8. The van der Waals surface area contributed by atoms with Crippen LogP contribution in [-0.2, 0) is 0 Å². The largest absolute Gasteiger partial charge is 0.503 e. The van der Waals surface area contributed by atoms with E-state index in [1.54, 1.807) is 48.5 Å². The molecule has 0 aliphatic heterocycles. The van der Waals surface area contributed by atoms with E-state index in [2.05, 4.69) is 10.3 Å². The number of pyridine rings is 1. The molecule has 2 N–H and O–H groups in total. The van der Waals surface area contributed by atoms with E-state index in [-0.39, 0.29) is 17.2 Å². The molecule has 0 atom stereocenters. The van der Waals surface area contributed by atoms with Gasteiger partial charge in [-0.25, -0.2) is 4.98 Å². The average molecular weight is 371 g/mol. The van der Waals surface area contributed by atoms with Gasteiger partial charge in [0.15, 0.2) is 22.9 Å². The van der Waals surface area contributed by atoms with Crippen molar-refractivity contribution in [3.8, 4) is 23.0 Å². The number of rotatable bonds is 5. The Balaban J connectivity index is 1.84. The first-order chi connectivity index (χ1) is 12.6. The Kier molecular flexibility index (Phi) is 5.24. The number of ether oxygens (including phenoxy) is 2. The molecule has 0 radical (unpaired) electrons. The molecule has 0 bridgehead atoms. The standard InChI is InChI=1S/C19H15ClN2O4/c1-25-16-10-11-21-17(18(16)23)19(24)22-14-4-2-3-5-15(14)26-13-8-6-12(20)7-9-13/h2-11,23H,1H3,(H,22,24). The first-order valence-corrected chi connectivity index (χ1v) is 8.02. The van der Waals surface area contributed by atoms with Crippen LogP contribution in [0, 0.1) is 0 Å². The van der Waals surface area contributed by atoms with Gasteiger partial charge in [-0.1, -0.05) is 23.7 Å². The first kappa shape index (κ1) is 17.6. The van der Waals surface area contributed by atoms with Crippen molar-refractivity contribution in [3.63, 3.8) is 0 Å². The van der Waals surface area contributed by atoms with Gasteiger partial charge in [-0.2, -0.15) is 0 Å². The van der Waals surface area contributed by atoms with E-state index >= 15 is 0 Å². The van der Waals surface area contributed by atoms with E-state index in [4.69, 9.17) is 21.1 Å². The number of carbonyl (C=O) groups is 1. The third-order valence-electron chi connectivity index (χ3n) is 3.50. The van der Waals surface area contributed by atoms with E-state index in [0.717, 1.165) is 0 Å². The molecule has 0 aliphatic rings. The lowest BCUT2D eigenvalue weighted by molar-refractivity contribution is 0.101. The molecule has 0 saturated carbocycles. The number of aromatic hydroxyl groups is 1. The molecule has 0 spiro atoms. The maximum Gasteiger partial charge on any atom is 0.278 e. The Bertz CT molecular complexity index is 929. The number of methoxy groups -OCH3 is 1. The van der Waals surface area contributed by atoms with E-state index in [0.29, 0.717) is 22.2 Å². The monoisotopic (exact) mass is 370 g/mol. The van der Waals surface area contributed by atoms with Crippen LogP contribution in [-0.4, -0.2) is 23.1 Å². The third kappa shape index (κ3) is 3.87. The molecule has 2 aromatic carbocycles. The lowest BCUT2D eigenvalue weighted by Gasteiger charge is -2.13. The fourth-order valence-electron chi connectivity index (χ4n) is 2.24. The zero-order valence-corrected chi connectivity index (χ0v) is 14.5. The zero-order valence-electron chi connectivity index (χ0n) is 13.8. The van der Waals surface area contributed by atoms with Gasteiger partial charge in [-0.15, -0.1) is 0 Å². The third-order valence-corrected chi connectivity index (χ3v) is 3.75. The zero-order chi connectivity index (χ0) is 18.5. The molecule has 3 aromatic rings. The van der Waals surface area contributed by atoms with Crippen LogP contribution >= 0.6 is 11.6 Å². The minimum Gasteiger partial charge on any atom is -0.503 e. The second-order valence-corrected chi connectivity index (χ2v) is 5.65. The number of amides is 1. The molecule has 0 aliphatic carbocycles. The molecule has 0 saturated heterocycles. The van der Waals surface area contributed by atoms with Gasteiger partial charge in [0.2, 0.25) is 0 Å². The predicted molar refractivity (Wildman–Crippen MR) is 98.4 cm³/mol. The molecule has 1 amide bonds. The molecular weight excluding hydrogens is 356 g/mol. The smallest absolute Gasteiger partial charge is 0.278 e. The molecule has 1 heterocycles. The summed E-state index contributed by atoms with van der Waals surface area (Å²) in [6, 6.07) is 15.2. The van der Waals surface area contributed by atoms with Crippen molar-refractivity contribution in [2.45, 2.75) is 0 Å². The minimum atomic E-state index is -0.589. The van der Waals surface area contributed by atoms with Crippen molar-refractivity contribution in [1.29, 1.82) is 0 Å². The number of halogens is 1. The summed E-state index contributed by atoms with van der Waals surface area (Å²) in [7, 11) is 1.39. The van der Waals surface area contributed by atoms with Gasteiger partial charge in [0, 0.05) is 17.3 Å². The highest BCUT2D eigenvalue weighted by molar-refractivity contribution is 6.30. The van der Waals surface area contributed by atoms with Crippen molar-refractivity contribution in [3.05, 3.63) is 71.5 Å². The van der Waals surface area contributed by atoms with E-state index in [9.17, 15) is 9.90 Å².